The highest BCUT2D eigenvalue weighted by molar-refractivity contribution is 14.0. The summed E-state index contributed by atoms with van der Waals surface area (Å²) in [6, 6.07) is 10.5. The predicted molar refractivity (Wildman–Crippen MR) is 132 cm³/mol. The Morgan fingerprint density at radius 3 is 2.52 bits per heavy atom. The summed E-state index contributed by atoms with van der Waals surface area (Å²) in [7, 11) is -2.00. The predicted octanol–water partition coefficient (Wildman–Crippen LogP) is 2.54. The van der Waals surface area contributed by atoms with Crippen LogP contribution in [0, 0.1) is 0 Å². The van der Waals surface area contributed by atoms with Crippen LogP contribution in [0.3, 0.4) is 0 Å². The minimum Gasteiger partial charge on any atom is -0.494 e. The van der Waals surface area contributed by atoms with Crippen molar-refractivity contribution in [2.24, 2.45) is 10.1 Å². The molecule has 0 bridgehead atoms. The minimum absolute atomic E-state index is 0. The third-order valence-electron chi connectivity index (χ3n) is 4.76. The number of fused-ring (bicyclic) bond motifs is 1. The van der Waals surface area contributed by atoms with Gasteiger partial charge in [-0.25, -0.2) is 13.6 Å². The summed E-state index contributed by atoms with van der Waals surface area (Å²) in [4.78, 5) is 4.33. The molecule has 2 aromatic rings. The van der Waals surface area contributed by atoms with Gasteiger partial charge >= 0.3 is 0 Å². The van der Waals surface area contributed by atoms with Crippen molar-refractivity contribution in [1.82, 2.24) is 10.6 Å². The maximum Gasteiger partial charge on any atom is 0.238 e. The lowest BCUT2D eigenvalue weighted by atomic mass is 10.1. The molecule has 0 spiro atoms. The van der Waals surface area contributed by atoms with Crippen LogP contribution < -0.4 is 25.2 Å². The zero-order chi connectivity index (χ0) is 21.7. The number of primary sulfonamides is 1. The normalized spacial score (nSPS) is 15.5. The molecular formula is C21H29IN4O4S. The van der Waals surface area contributed by atoms with Gasteiger partial charge in [-0.3, -0.25) is 4.99 Å². The average molecular weight is 560 g/mol. The molecule has 10 heteroatoms. The number of benzene rings is 2. The molecule has 0 aromatic heterocycles. The summed E-state index contributed by atoms with van der Waals surface area (Å²) < 4.78 is 34.4. The molecule has 4 N–H and O–H groups in total. The number of hydrogen-bond acceptors (Lipinski definition) is 5. The van der Waals surface area contributed by atoms with Gasteiger partial charge in [-0.05, 0) is 43.7 Å². The van der Waals surface area contributed by atoms with Crippen LogP contribution in [0.4, 0.5) is 0 Å². The quantitative estimate of drug-likeness (QED) is 0.273. The molecule has 1 atom stereocenters. The molecule has 1 aliphatic rings. The first-order chi connectivity index (χ1) is 14.3. The molecule has 0 fully saturated rings. The number of nitrogens with zero attached hydrogens (tertiary/aromatic N) is 1. The molecule has 1 heterocycles. The van der Waals surface area contributed by atoms with Gasteiger partial charge in [0.05, 0.1) is 11.5 Å². The maximum atomic E-state index is 11.4. The fourth-order valence-electron chi connectivity index (χ4n) is 3.29. The molecule has 1 unspecified atom stereocenters. The smallest absolute Gasteiger partial charge is 0.238 e. The molecule has 0 saturated carbocycles. The van der Waals surface area contributed by atoms with Crippen LogP contribution >= 0.6 is 24.0 Å². The third kappa shape index (κ3) is 6.71. The van der Waals surface area contributed by atoms with Gasteiger partial charge in [0.25, 0.3) is 0 Å². The number of halogens is 1. The van der Waals surface area contributed by atoms with Crippen molar-refractivity contribution in [3.8, 4) is 11.5 Å². The lowest BCUT2D eigenvalue weighted by Gasteiger charge is -2.16. The second-order valence-corrected chi connectivity index (χ2v) is 8.66. The second-order valence-electron chi connectivity index (χ2n) is 7.10. The lowest BCUT2D eigenvalue weighted by molar-refractivity contribution is 0.254. The molecule has 1 aliphatic heterocycles. The van der Waals surface area contributed by atoms with Crippen molar-refractivity contribution >= 4 is 40.0 Å². The fourth-order valence-corrected chi connectivity index (χ4v) is 3.81. The number of aliphatic imine (C=N–C) groups is 1. The first-order valence-corrected chi connectivity index (χ1v) is 11.4. The molecule has 31 heavy (non-hydrogen) atoms. The van der Waals surface area contributed by atoms with E-state index in [9.17, 15) is 8.42 Å². The van der Waals surface area contributed by atoms with Crippen molar-refractivity contribution in [2.75, 3.05) is 13.7 Å². The Labute approximate surface area is 200 Å². The van der Waals surface area contributed by atoms with E-state index in [4.69, 9.17) is 14.6 Å². The van der Waals surface area contributed by atoms with Crippen molar-refractivity contribution < 1.29 is 17.9 Å². The van der Waals surface area contributed by atoms with Crippen LogP contribution in [0.15, 0.2) is 46.3 Å². The monoisotopic (exact) mass is 560 g/mol. The van der Waals surface area contributed by atoms with E-state index in [0.717, 1.165) is 29.0 Å². The third-order valence-corrected chi connectivity index (χ3v) is 5.69. The molecule has 3 rings (SSSR count). The van der Waals surface area contributed by atoms with E-state index >= 15 is 0 Å². The topological polar surface area (TPSA) is 115 Å². The van der Waals surface area contributed by atoms with Crippen molar-refractivity contribution in [3.05, 3.63) is 53.1 Å². The van der Waals surface area contributed by atoms with Crippen molar-refractivity contribution in [1.29, 1.82) is 0 Å². The van der Waals surface area contributed by atoms with Gasteiger partial charge in [0.15, 0.2) is 5.96 Å². The number of rotatable bonds is 7. The molecule has 0 aliphatic carbocycles. The number of nitrogens with one attached hydrogen (secondary N) is 2. The van der Waals surface area contributed by atoms with Crippen LogP contribution in [0.25, 0.3) is 0 Å². The zero-order valence-electron chi connectivity index (χ0n) is 17.8. The van der Waals surface area contributed by atoms with Gasteiger partial charge < -0.3 is 20.1 Å². The van der Waals surface area contributed by atoms with E-state index in [0.29, 0.717) is 25.7 Å². The molecule has 170 valence electrons. The lowest BCUT2D eigenvalue weighted by Crippen LogP contribution is -2.36. The van der Waals surface area contributed by atoms with Gasteiger partial charge in [-0.1, -0.05) is 12.1 Å². The molecule has 0 radical (unpaired) electrons. The summed E-state index contributed by atoms with van der Waals surface area (Å²) in [5, 5.41) is 11.6. The Kier molecular flexibility index (Phi) is 8.95. The van der Waals surface area contributed by atoms with Crippen LogP contribution in [0.1, 0.15) is 30.5 Å². The number of guanidine groups is 1. The Morgan fingerprint density at radius 1 is 1.23 bits per heavy atom. The van der Waals surface area contributed by atoms with E-state index in [1.807, 2.05) is 13.0 Å². The van der Waals surface area contributed by atoms with Crippen LogP contribution in [-0.4, -0.2) is 34.1 Å². The Balaban J connectivity index is 0.00000341. The number of ether oxygens (including phenoxy) is 2. The number of hydrogen-bond donors (Lipinski definition) is 3. The summed E-state index contributed by atoms with van der Waals surface area (Å²) in [5.41, 5.74) is 3.06. The molecule has 8 nitrogen and oxygen atoms in total. The molecular weight excluding hydrogens is 531 g/mol. The largest absolute Gasteiger partial charge is 0.494 e. The number of sulfonamides is 1. The van der Waals surface area contributed by atoms with Crippen LogP contribution in [-0.2, 0) is 29.5 Å². The van der Waals surface area contributed by atoms with Gasteiger partial charge in [-0.15, -0.1) is 24.0 Å². The Morgan fingerprint density at radius 2 is 1.90 bits per heavy atom. The van der Waals surface area contributed by atoms with Gasteiger partial charge in [-0.2, -0.15) is 0 Å². The first-order valence-electron chi connectivity index (χ1n) is 9.81. The van der Waals surface area contributed by atoms with E-state index in [1.54, 1.807) is 19.2 Å². The van der Waals surface area contributed by atoms with E-state index in [-0.39, 0.29) is 35.0 Å². The van der Waals surface area contributed by atoms with Crippen LogP contribution in [0.5, 0.6) is 11.5 Å². The number of nitrogens with two attached hydrogens (primary N) is 1. The molecule has 0 saturated heterocycles. The van der Waals surface area contributed by atoms with E-state index in [2.05, 4.69) is 28.6 Å². The highest BCUT2D eigenvalue weighted by atomic mass is 127. The van der Waals surface area contributed by atoms with Crippen molar-refractivity contribution in [3.63, 3.8) is 0 Å². The Hall–Kier alpha value is -2.05. The standard InChI is InChI=1S/C21H28N4O4S.HI/c1-4-28-19-10-16-9-14(2)29-20(16)11-17(19)13-25-21(23-3)24-12-15-5-7-18(8-6-15)30(22,26)27;/h5-8,10-11,14H,4,9,12-13H2,1-3H3,(H2,22,26,27)(H2,23,24,25);1H. The average Bonchev–Trinajstić information content (AvgIpc) is 3.06. The van der Waals surface area contributed by atoms with Crippen molar-refractivity contribution in [2.45, 2.75) is 44.4 Å². The van der Waals surface area contributed by atoms with E-state index < -0.39 is 10.0 Å². The minimum atomic E-state index is -3.69. The summed E-state index contributed by atoms with van der Waals surface area (Å²) in [6.45, 7) is 5.60. The van der Waals surface area contributed by atoms with Crippen LogP contribution in [0.2, 0.25) is 0 Å². The SMILES string of the molecule is CCOc1cc2c(cc1CNC(=NC)NCc1ccc(S(N)(=O)=O)cc1)OC(C)C2.I. The van der Waals surface area contributed by atoms with Gasteiger partial charge in [0.2, 0.25) is 10.0 Å². The highest BCUT2D eigenvalue weighted by Crippen LogP contribution is 2.35. The summed E-state index contributed by atoms with van der Waals surface area (Å²) >= 11 is 0. The summed E-state index contributed by atoms with van der Waals surface area (Å²) in [6.07, 6.45) is 1.06. The maximum absolute atomic E-state index is 11.4. The second kappa shape index (κ2) is 11.0. The summed E-state index contributed by atoms with van der Waals surface area (Å²) in [5.74, 6) is 2.36. The zero-order valence-corrected chi connectivity index (χ0v) is 21.0. The van der Waals surface area contributed by atoms with Gasteiger partial charge in [0, 0.05) is 37.7 Å². The fraction of sp³-hybridized carbons (Fsp3) is 0.381. The highest BCUT2D eigenvalue weighted by Gasteiger charge is 2.22. The Bertz CT molecular complexity index is 1030. The first kappa shape index (κ1) is 25.2. The molecule has 0 amide bonds. The van der Waals surface area contributed by atoms with E-state index in [1.165, 1.54) is 17.7 Å². The molecule has 2 aromatic carbocycles. The van der Waals surface area contributed by atoms with Gasteiger partial charge in [0.1, 0.15) is 17.6 Å².